The first-order valence-electron chi connectivity index (χ1n) is 6.79. The molecule has 1 aromatic heterocycles. The van der Waals surface area contributed by atoms with Crippen LogP contribution in [0.15, 0.2) is 36.7 Å². The van der Waals surface area contributed by atoms with Crippen molar-refractivity contribution in [3.63, 3.8) is 0 Å². The van der Waals surface area contributed by atoms with Crippen molar-refractivity contribution >= 4 is 11.6 Å². The fourth-order valence-corrected chi connectivity index (χ4v) is 2.77. The van der Waals surface area contributed by atoms with E-state index in [9.17, 15) is 0 Å². The topological polar surface area (TPSA) is 27.1 Å². The number of benzene rings is 1. The van der Waals surface area contributed by atoms with Crippen LogP contribution in [0.3, 0.4) is 0 Å². The molecular formula is C15H17ClN2O. The largest absolute Gasteiger partial charge is 0.454 e. The number of halogens is 1. The van der Waals surface area contributed by atoms with Gasteiger partial charge in [-0.15, -0.1) is 0 Å². The highest BCUT2D eigenvalue weighted by Gasteiger charge is 2.16. The molecule has 0 radical (unpaired) electrons. The molecule has 19 heavy (non-hydrogen) atoms. The summed E-state index contributed by atoms with van der Waals surface area (Å²) in [6.45, 7) is 0. The summed E-state index contributed by atoms with van der Waals surface area (Å²) in [5.74, 6) is 1.52. The minimum Gasteiger partial charge on any atom is -0.454 e. The number of aromatic nitrogens is 2. The molecule has 0 N–H and O–H groups in total. The number of hydrogen-bond donors (Lipinski definition) is 0. The van der Waals surface area contributed by atoms with Gasteiger partial charge in [0, 0.05) is 5.02 Å². The standard InChI is InChI=1S/C15H17ClN2O/c16-12-5-4-8-14(9-12)19-15-10-17-18(11-15)13-6-2-1-3-7-13/h4-5,8-11,13H,1-3,6-7H2. The molecule has 0 unspecified atom stereocenters. The molecule has 1 aromatic carbocycles. The van der Waals surface area contributed by atoms with Gasteiger partial charge >= 0.3 is 0 Å². The van der Waals surface area contributed by atoms with Gasteiger partial charge in [0.15, 0.2) is 5.75 Å². The normalized spacial score (nSPS) is 16.5. The number of ether oxygens (including phenoxy) is 1. The lowest BCUT2D eigenvalue weighted by Gasteiger charge is -2.21. The lowest BCUT2D eigenvalue weighted by Crippen LogP contribution is -2.12. The molecule has 1 saturated carbocycles. The SMILES string of the molecule is Clc1cccc(Oc2cnn(C3CCCCC3)c2)c1. The van der Waals surface area contributed by atoms with Crippen molar-refractivity contribution in [3.8, 4) is 11.5 Å². The van der Waals surface area contributed by atoms with Crippen molar-refractivity contribution in [1.29, 1.82) is 0 Å². The highest BCUT2D eigenvalue weighted by Crippen LogP contribution is 2.30. The van der Waals surface area contributed by atoms with Crippen molar-refractivity contribution in [2.75, 3.05) is 0 Å². The van der Waals surface area contributed by atoms with E-state index in [1.807, 2.05) is 29.1 Å². The Bertz CT molecular complexity index is 547. The van der Waals surface area contributed by atoms with Gasteiger partial charge in [-0.05, 0) is 31.0 Å². The molecule has 1 aliphatic rings. The van der Waals surface area contributed by atoms with Crippen LogP contribution in [0.25, 0.3) is 0 Å². The predicted molar refractivity (Wildman–Crippen MR) is 75.9 cm³/mol. The third-order valence-corrected chi connectivity index (χ3v) is 3.79. The first-order valence-corrected chi connectivity index (χ1v) is 7.17. The van der Waals surface area contributed by atoms with Crippen LogP contribution in [-0.4, -0.2) is 9.78 Å². The summed E-state index contributed by atoms with van der Waals surface area (Å²) >= 11 is 5.94. The molecule has 0 bridgehead atoms. The maximum Gasteiger partial charge on any atom is 0.165 e. The Morgan fingerprint density at radius 2 is 2.00 bits per heavy atom. The van der Waals surface area contributed by atoms with E-state index in [0.29, 0.717) is 11.1 Å². The van der Waals surface area contributed by atoms with Gasteiger partial charge in [-0.2, -0.15) is 5.10 Å². The van der Waals surface area contributed by atoms with Crippen molar-refractivity contribution < 1.29 is 4.74 Å². The zero-order valence-corrected chi connectivity index (χ0v) is 11.5. The Morgan fingerprint density at radius 3 is 2.79 bits per heavy atom. The van der Waals surface area contributed by atoms with Crippen molar-refractivity contribution in [3.05, 3.63) is 41.7 Å². The predicted octanol–water partition coefficient (Wildman–Crippen LogP) is 4.83. The summed E-state index contributed by atoms with van der Waals surface area (Å²) in [6.07, 6.45) is 10.1. The second kappa shape index (κ2) is 5.66. The molecule has 3 nitrogen and oxygen atoms in total. The van der Waals surface area contributed by atoms with Gasteiger partial charge in [0.05, 0.1) is 18.4 Å². The van der Waals surface area contributed by atoms with Gasteiger partial charge in [0.1, 0.15) is 5.75 Å². The summed E-state index contributed by atoms with van der Waals surface area (Å²) in [5, 5.41) is 5.10. The quantitative estimate of drug-likeness (QED) is 0.802. The van der Waals surface area contributed by atoms with Crippen LogP contribution in [0.1, 0.15) is 38.1 Å². The molecule has 3 rings (SSSR count). The summed E-state index contributed by atoms with van der Waals surface area (Å²) in [7, 11) is 0. The minimum absolute atomic E-state index is 0.533. The smallest absolute Gasteiger partial charge is 0.165 e. The van der Waals surface area contributed by atoms with E-state index in [-0.39, 0.29) is 0 Å². The lowest BCUT2D eigenvalue weighted by molar-refractivity contribution is 0.328. The van der Waals surface area contributed by atoms with Gasteiger partial charge in [0.25, 0.3) is 0 Å². The van der Waals surface area contributed by atoms with Crippen LogP contribution < -0.4 is 4.74 Å². The van der Waals surface area contributed by atoms with Gasteiger partial charge in [-0.25, -0.2) is 0 Å². The highest BCUT2D eigenvalue weighted by atomic mass is 35.5. The van der Waals surface area contributed by atoms with Gasteiger partial charge in [0.2, 0.25) is 0 Å². The van der Waals surface area contributed by atoms with Crippen LogP contribution in [0.5, 0.6) is 11.5 Å². The average molecular weight is 277 g/mol. The third kappa shape index (κ3) is 3.10. The minimum atomic E-state index is 0.533. The summed E-state index contributed by atoms with van der Waals surface area (Å²) < 4.78 is 7.80. The lowest BCUT2D eigenvalue weighted by atomic mass is 9.96. The molecule has 2 aromatic rings. The molecule has 0 saturated heterocycles. The molecule has 1 fully saturated rings. The van der Waals surface area contributed by atoms with Crippen LogP contribution in [-0.2, 0) is 0 Å². The molecule has 4 heteroatoms. The first-order chi connectivity index (χ1) is 9.31. The molecule has 0 aliphatic heterocycles. The van der Waals surface area contributed by atoms with Crippen LogP contribution in [0, 0.1) is 0 Å². The summed E-state index contributed by atoms with van der Waals surface area (Å²) in [6, 6.07) is 7.94. The van der Waals surface area contributed by atoms with Crippen LogP contribution in [0.4, 0.5) is 0 Å². The summed E-state index contributed by atoms with van der Waals surface area (Å²) in [4.78, 5) is 0. The van der Waals surface area contributed by atoms with E-state index in [1.54, 1.807) is 12.3 Å². The van der Waals surface area contributed by atoms with Crippen molar-refractivity contribution in [2.45, 2.75) is 38.1 Å². The van der Waals surface area contributed by atoms with E-state index in [0.717, 1.165) is 11.5 Å². The monoisotopic (exact) mass is 276 g/mol. The zero-order chi connectivity index (χ0) is 13.1. The van der Waals surface area contributed by atoms with E-state index in [4.69, 9.17) is 16.3 Å². The maximum atomic E-state index is 5.94. The van der Waals surface area contributed by atoms with Crippen molar-refractivity contribution in [1.82, 2.24) is 9.78 Å². The Labute approximate surface area is 118 Å². The van der Waals surface area contributed by atoms with Gasteiger partial charge in [-0.3, -0.25) is 4.68 Å². The first kappa shape index (κ1) is 12.5. The Balaban J connectivity index is 1.70. The van der Waals surface area contributed by atoms with Crippen LogP contribution in [0.2, 0.25) is 5.02 Å². The molecule has 0 amide bonds. The van der Waals surface area contributed by atoms with E-state index < -0.39 is 0 Å². The molecule has 1 aliphatic carbocycles. The number of rotatable bonds is 3. The van der Waals surface area contributed by atoms with E-state index in [1.165, 1.54) is 32.1 Å². The van der Waals surface area contributed by atoms with E-state index in [2.05, 4.69) is 5.10 Å². The number of hydrogen-bond acceptors (Lipinski definition) is 2. The van der Waals surface area contributed by atoms with E-state index >= 15 is 0 Å². The molecule has 0 spiro atoms. The average Bonchev–Trinajstić information content (AvgIpc) is 2.88. The van der Waals surface area contributed by atoms with Crippen molar-refractivity contribution in [2.24, 2.45) is 0 Å². The number of nitrogens with zero attached hydrogens (tertiary/aromatic N) is 2. The molecule has 100 valence electrons. The third-order valence-electron chi connectivity index (χ3n) is 3.56. The van der Waals surface area contributed by atoms with Gasteiger partial charge in [-0.1, -0.05) is 36.9 Å². The highest BCUT2D eigenvalue weighted by molar-refractivity contribution is 6.30. The molecule has 1 heterocycles. The second-order valence-corrected chi connectivity index (χ2v) is 5.44. The Morgan fingerprint density at radius 1 is 1.16 bits per heavy atom. The maximum absolute atomic E-state index is 5.94. The fourth-order valence-electron chi connectivity index (χ4n) is 2.59. The fraction of sp³-hybridized carbons (Fsp3) is 0.400. The Hall–Kier alpha value is -1.48. The van der Waals surface area contributed by atoms with Gasteiger partial charge < -0.3 is 4.74 Å². The second-order valence-electron chi connectivity index (χ2n) is 5.01. The molecule has 0 atom stereocenters. The zero-order valence-electron chi connectivity index (χ0n) is 10.8. The Kier molecular flexibility index (Phi) is 3.74. The summed E-state index contributed by atoms with van der Waals surface area (Å²) in [5.41, 5.74) is 0. The molecular weight excluding hydrogens is 260 g/mol. The van der Waals surface area contributed by atoms with Crippen LogP contribution >= 0.6 is 11.6 Å².